The summed E-state index contributed by atoms with van der Waals surface area (Å²) < 4.78 is 40.4. The largest absolute Gasteiger partial charge is 0.433 e. The lowest BCUT2D eigenvalue weighted by molar-refractivity contribution is -0.141. The fraction of sp³-hybridized carbons (Fsp3) is 0.172. The highest BCUT2D eigenvalue weighted by Crippen LogP contribution is 2.27. The number of rotatable bonds is 4. The summed E-state index contributed by atoms with van der Waals surface area (Å²) >= 11 is 17.1. The second-order valence-electron chi connectivity index (χ2n) is 9.68. The molecule has 0 aliphatic heterocycles. The molecular formula is C29H23Cl3F3N9O2. The van der Waals surface area contributed by atoms with Gasteiger partial charge in [0.05, 0.1) is 29.1 Å². The van der Waals surface area contributed by atoms with Gasteiger partial charge in [-0.2, -0.15) is 23.4 Å². The van der Waals surface area contributed by atoms with Gasteiger partial charge in [0.15, 0.2) is 17.1 Å². The van der Waals surface area contributed by atoms with Crippen molar-refractivity contribution >= 4 is 62.9 Å². The number of pyridine rings is 2. The molecule has 0 unspecified atom stereocenters. The van der Waals surface area contributed by atoms with Crippen LogP contribution >= 0.6 is 34.8 Å². The number of carbonyl (C=O) groups excluding carboxylic acids is 2. The molecule has 0 saturated heterocycles. The number of fused-ring (bicyclic) bond motifs is 2. The smallest absolute Gasteiger partial charge is 0.384 e. The maximum Gasteiger partial charge on any atom is 0.433 e. The number of nitrogens with zero attached hydrogens (tertiary/aromatic N) is 8. The average Bonchev–Trinajstić information content (AvgIpc) is 3.55. The Balaban J connectivity index is 0.000000181. The molecule has 0 saturated carbocycles. The van der Waals surface area contributed by atoms with E-state index in [1.54, 1.807) is 35.7 Å². The van der Waals surface area contributed by atoms with Crippen LogP contribution < -0.4 is 5.73 Å². The molecule has 2 N–H and O–H groups in total. The Morgan fingerprint density at radius 2 is 1.35 bits per heavy atom. The summed E-state index contributed by atoms with van der Waals surface area (Å²) in [6.45, 7) is 5.51. The van der Waals surface area contributed by atoms with E-state index < -0.39 is 22.9 Å². The monoisotopic (exact) mass is 691 g/mol. The molecule has 17 heteroatoms. The molecular weight excluding hydrogens is 670 g/mol. The first kappa shape index (κ1) is 34.2. The van der Waals surface area contributed by atoms with E-state index >= 15 is 0 Å². The van der Waals surface area contributed by atoms with Gasteiger partial charge in [0.1, 0.15) is 21.8 Å². The zero-order valence-electron chi connectivity index (χ0n) is 24.2. The van der Waals surface area contributed by atoms with Crippen LogP contribution in [0.2, 0.25) is 10.3 Å². The van der Waals surface area contributed by atoms with Crippen molar-refractivity contribution in [1.29, 1.82) is 0 Å². The summed E-state index contributed by atoms with van der Waals surface area (Å²) in [5.41, 5.74) is 9.01. The van der Waals surface area contributed by atoms with Crippen LogP contribution in [0, 0.1) is 20.8 Å². The Labute approximate surface area is 274 Å². The molecule has 0 atom stereocenters. The lowest BCUT2D eigenvalue weighted by atomic mass is 10.1. The first-order chi connectivity index (χ1) is 21.6. The molecule has 6 rings (SSSR count). The van der Waals surface area contributed by atoms with E-state index in [0.29, 0.717) is 38.7 Å². The Kier molecular flexibility index (Phi) is 10.6. The van der Waals surface area contributed by atoms with Crippen LogP contribution in [0.3, 0.4) is 0 Å². The number of Topliss-reactive ketones (excluding diaryl/α,β-unsaturated/α-hetero) is 1. The van der Waals surface area contributed by atoms with Crippen molar-refractivity contribution in [2.75, 3.05) is 5.73 Å². The molecule has 0 radical (unpaired) electrons. The Hall–Kier alpha value is -4.66. The molecule has 0 fully saturated rings. The lowest BCUT2D eigenvalue weighted by Gasteiger charge is -2.06. The molecule has 238 valence electrons. The number of aromatic nitrogens is 8. The second-order valence-corrected chi connectivity index (χ2v) is 10.8. The van der Waals surface area contributed by atoms with Crippen molar-refractivity contribution in [3.63, 3.8) is 0 Å². The van der Waals surface area contributed by atoms with Gasteiger partial charge < -0.3 is 5.73 Å². The van der Waals surface area contributed by atoms with Crippen LogP contribution in [-0.4, -0.2) is 50.2 Å². The van der Waals surface area contributed by atoms with Gasteiger partial charge in [-0.3, -0.25) is 19.6 Å². The van der Waals surface area contributed by atoms with Gasteiger partial charge in [0.2, 0.25) is 0 Å². The number of alkyl halides is 3. The zero-order valence-corrected chi connectivity index (χ0v) is 26.5. The second kappa shape index (κ2) is 14.2. The van der Waals surface area contributed by atoms with Gasteiger partial charge in [0, 0.05) is 41.9 Å². The summed E-state index contributed by atoms with van der Waals surface area (Å²) in [6, 6.07) is 11.9. The maximum absolute atomic E-state index is 12.5. The summed E-state index contributed by atoms with van der Waals surface area (Å²) in [4.78, 5) is 38.2. The van der Waals surface area contributed by atoms with E-state index in [1.807, 2.05) is 19.9 Å². The van der Waals surface area contributed by atoms with Gasteiger partial charge in [0.25, 0.3) is 5.24 Å². The van der Waals surface area contributed by atoms with Crippen LogP contribution in [0.1, 0.15) is 49.2 Å². The van der Waals surface area contributed by atoms with E-state index in [9.17, 15) is 22.8 Å². The van der Waals surface area contributed by atoms with Crippen LogP contribution in [0.25, 0.3) is 11.3 Å². The molecule has 46 heavy (non-hydrogen) atoms. The quantitative estimate of drug-likeness (QED) is 0.123. The van der Waals surface area contributed by atoms with Crippen molar-refractivity contribution in [1.82, 2.24) is 39.2 Å². The number of nitrogens with two attached hydrogens (primary N) is 1. The summed E-state index contributed by atoms with van der Waals surface area (Å²) in [5, 5.41) is 8.57. The number of aryl methyl sites for hydroxylation is 3. The number of halogens is 6. The van der Waals surface area contributed by atoms with E-state index in [2.05, 4.69) is 30.1 Å². The van der Waals surface area contributed by atoms with Crippen LogP contribution in [-0.2, 0) is 12.6 Å². The van der Waals surface area contributed by atoms with Gasteiger partial charge >= 0.3 is 6.18 Å². The van der Waals surface area contributed by atoms with Crippen molar-refractivity contribution < 1.29 is 22.8 Å². The Morgan fingerprint density at radius 1 is 0.783 bits per heavy atom. The minimum Gasteiger partial charge on any atom is -0.384 e. The number of anilines is 1. The summed E-state index contributed by atoms with van der Waals surface area (Å²) in [6.07, 6.45) is -2.27. The van der Waals surface area contributed by atoms with Crippen LogP contribution in [0.15, 0.2) is 60.9 Å². The molecule has 6 heterocycles. The number of nitrogen functional groups attached to an aromatic ring is 1. The third kappa shape index (κ3) is 8.74. The highest BCUT2D eigenvalue weighted by Gasteiger charge is 2.32. The molecule has 0 bridgehead atoms. The fourth-order valence-corrected chi connectivity index (χ4v) is 4.44. The number of carbonyl (C=O) groups is 2. The first-order valence-electron chi connectivity index (χ1n) is 13.1. The average molecular weight is 693 g/mol. The number of hydrogen-bond acceptors (Lipinski definition) is 9. The van der Waals surface area contributed by atoms with E-state index in [0.717, 1.165) is 35.4 Å². The van der Waals surface area contributed by atoms with Crippen molar-refractivity contribution in [3.8, 4) is 0 Å². The fourth-order valence-electron chi connectivity index (χ4n) is 3.84. The molecule has 0 aromatic carbocycles. The van der Waals surface area contributed by atoms with Crippen molar-refractivity contribution in [2.45, 2.75) is 33.4 Å². The SMILES string of the molecule is Cc1cc2nc(CC(=O)c3ccc(C(F)(F)F)nc3)cc(Cl)n2n1.Cc1cc2nc(N)cc(Cl)n2n1.Cc1ccc(C(=O)Cl)cn1. The van der Waals surface area contributed by atoms with Gasteiger partial charge in [-0.25, -0.2) is 19.0 Å². The third-order valence-corrected chi connectivity index (χ3v) is 6.70. The van der Waals surface area contributed by atoms with Crippen molar-refractivity contribution in [2.24, 2.45) is 0 Å². The van der Waals surface area contributed by atoms with E-state index in [-0.39, 0.29) is 12.0 Å². The van der Waals surface area contributed by atoms with Crippen molar-refractivity contribution in [3.05, 3.63) is 111 Å². The summed E-state index contributed by atoms with van der Waals surface area (Å²) in [5.74, 6) is 0.00720. The van der Waals surface area contributed by atoms with Gasteiger partial charge in [-0.1, -0.05) is 23.2 Å². The molecule has 0 aliphatic carbocycles. The number of ketones is 1. The van der Waals surface area contributed by atoms with E-state index in [1.165, 1.54) is 16.8 Å². The molecule has 11 nitrogen and oxygen atoms in total. The van der Waals surface area contributed by atoms with Gasteiger partial charge in [-0.15, -0.1) is 0 Å². The molecule has 6 aromatic rings. The molecule has 0 spiro atoms. The van der Waals surface area contributed by atoms with Crippen LogP contribution in [0.5, 0.6) is 0 Å². The Bertz CT molecular complexity index is 2030. The normalized spacial score (nSPS) is 11.1. The zero-order chi connectivity index (χ0) is 33.8. The number of hydrogen-bond donors (Lipinski definition) is 1. The summed E-state index contributed by atoms with van der Waals surface area (Å²) in [7, 11) is 0. The highest BCUT2D eigenvalue weighted by atomic mass is 35.5. The lowest BCUT2D eigenvalue weighted by Crippen LogP contribution is -2.11. The van der Waals surface area contributed by atoms with E-state index in [4.69, 9.17) is 40.5 Å². The minimum atomic E-state index is -4.54. The molecule has 0 amide bonds. The van der Waals surface area contributed by atoms with Crippen LogP contribution in [0.4, 0.5) is 19.0 Å². The molecule has 0 aliphatic rings. The minimum absolute atomic E-state index is 0.0745. The van der Waals surface area contributed by atoms with Gasteiger partial charge in [-0.05, 0) is 62.7 Å². The Morgan fingerprint density at radius 3 is 1.87 bits per heavy atom. The maximum atomic E-state index is 12.5. The topological polar surface area (TPSA) is 146 Å². The first-order valence-corrected chi connectivity index (χ1v) is 14.2. The molecule has 6 aromatic heterocycles. The predicted octanol–water partition coefficient (Wildman–Crippen LogP) is 6.57. The predicted molar refractivity (Wildman–Crippen MR) is 166 cm³/mol. The highest BCUT2D eigenvalue weighted by molar-refractivity contribution is 6.67. The third-order valence-electron chi connectivity index (χ3n) is 5.94. The standard InChI is InChI=1S/C15H10ClF3N4O.C7H7ClN4.C7H6ClNO/c1-8-4-14-21-10(6-13(16)23(14)22-8)5-11(24)9-2-3-12(20-7-9)15(17,18)19;1-4-2-7-10-6(9)3-5(8)12(7)11-4;1-5-2-3-6(4-9-5)7(8)10/h2-4,6-7H,5H2,1H3;2-3H,1H3,(H2,9,10);2-4H,1H3.